The fraction of sp³-hybridized carbons (Fsp3) is 0.800. The quantitative estimate of drug-likeness (QED) is 0.337. The smallest absolute Gasteiger partial charge is 0.320 e. The van der Waals surface area contributed by atoms with E-state index in [1.165, 1.54) is 0 Å². The number of aliphatic carboxylic acids is 1. The molecular formula is C5H8N4O2. The predicted molar refractivity (Wildman–Crippen MR) is 37.0 cm³/mol. The van der Waals surface area contributed by atoms with Crippen molar-refractivity contribution in [1.82, 2.24) is 5.32 Å². The van der Waals surface area contributed by atoms with E-state index in [0.29, 0.717) is 13.0 Å². The van der Waals surface area contributed by atoms with Gasteiger partial charge >= 0.3 is 5.97 Å². The van der Waals surface area contributed by atoms with Gasteiger partial charge in [-0.3, -0.25) is 4.79 Å². The largest absolute Gasteiger partial charge is 0.480 e. The highest BCUT2D eigenvalue weighted by atomic mass is 16.4. The number of nitrogens with zero attached hydrogens (tertiary/aromatic N) is 3. The van der Waals surface area contributed by atoms with E-state index in [2.05, 4.69) is 15.3 Å². The Morgan fingerprint density at radius 3 is 3.00 bits per heavy atom. The van der Waals surface area contributed by atoms with Gasteiger partial charge < -0.3 is 10.4 Å². The number of carbonyl (C=O) groups is 1. The van der Waals surface area contributed by atoms with Crippen molar-refractivity contribution in [2.75, 3.05) is 6.54 Å². The maximum absolute atomic E-state index is 10.4. The zero-order chi connectivity index (χ0) is 8.27. The van der Waals surface area contributed by atoms with Crippen molar-refractivity contribution >= 4 is 5.97 Å². The van der Waals surface area contributed by atoms with Gasteiger partial charge in [-0.25, -0.2) is 0 Å². The molecule has 1 fully saturated rings. The minimum absolute atomic E-state index is 0.207. The molecule has 1 heterocycles. The van der Waals surface area contributed by atoms with E-state index in [1.807, 2.05) is 0 Å². The van der Waals surface area contributed by atoms with Crippen LogP contribution in [-0.2, 0) is 4.79 Å². The molecular weight excluding hydrogens is 148 g/mol. The van der Waals surface area contributed by atoms with Crippen molar-refractivity contribution in [3.8, 4) is 0 Å². The highest BCUT2D eigenvalue weighted by Gasteiger charge is 2.27. The van der Waals surface area contributed by atoms with Crippen LogP contribution in [0.3, 0.4) is 0 Å². The number of azide groups is 1. The molecule has 1 aliphatic heterocycles. The number of hydrogen-bond donors (Lipinski definition) is 2. The lowest BCUT2D eigenvalue weighted by Crippen LogP contribution is -2.29. The Labute approximate surface area is 62.8 Å². The van der Waals surface area contributed by atoms with Gasteiger partial charge in [-0.2, -0.15) is 0 Å². The third-order valence-corrected chi connectivity index (χ3v) is 1.62. The molecule has 0 spiro atoms. The van der Waals surface area contributed by atoms with Crippen molar-refractivity contribution in [3.63, 3.8) is 0 Å². The normalized spacial score (nSPS) is 29.5. The summed E-state index contributed by atoms with van der Waals surface area (Å²) in [5, 5.41) is 14.6. The third-order valence-electron chi connectivity index (χ3n) is 1.62. The molecule has 0 aromatic rings. The Kier molecular flexibility index (Phi) is 2.30. The van der Waals surface area contributed by atoms with Gasteiger partial charge in [0.25, 0.3) is 0 Å². The summed E-state index contributed by atoms with van der Waals surface area (Å²) in [4.78, 5) is 13.0. The van der Waals surface area contributed by atoms with Gasteiger partial charge in [0.15, 0.2) is 0 Å². The van der Waals surface area contributed by atoms with E-state index in [1.54, 1.807) is 0 Å². The molecule has 60 valence electrons. The fourth-order valence-electron chi connectivity index (χ4n) is 1.07. The number of rotatable bonds is 2. The van der Waals surface area contributed by atoms with E-state index in [0.717, 1.165) is 0 Å². The van der Waals surface area contributed by atoms with Gasteiger partial charge in [-0.1, -0.05) is 5.11 Å². The lowest BCUT2D eigenvalue weighted by atomic mass is 10.2. The average molecular weight is 156 g/mol. The van der Waals surface area contributed by atoms with Gasteiger partial charge in [-0.15, -0.1) is 0 Å². The van der Waals surface area contributed by atoms with E-state index in [9.17, 15) is 4.79 Å². The molecule has 6 heteroatoms. The van der Waals surface area contributed by atoms with Gasteiger partial charge in [0, 0.05) is 11.5 Å². The Morgan fingerprint density at radius 1 is 1.82 bits per heavy atom. The molecule has 0 bridgehead atoms. The molecule has 1 unspecified atom stereocenters. The maximum Gasteiger partial charge on any atom is 0.320 e. The summed E-state index contributed by atoms with van der Waals surface area (Å²) in [6, 6.07) is -0.758. The molecule has 0 saturated carbocycles. The Balaban J connectivity index is 2.46. The summed E-state index contributed by atoms with van der Waals surface area (Å²) in [6.45, 7) is 0.459. The predicted octanol–water partition coefficient (Wildman–Crippen LogP) is 0.112. The molecule has 0 radical (unpaired) electrons. The molecule has 1 aliphatic rings. The summed E-state index contributed by atoms with van der Waals surface area (Å²) in [5.41, 5.74) is 8.03. The molecule has 0 aromatic carbocycles. The van der Waals surface area contributed by atoms with Crippen LogP contribution in [-0.4, -0.2) is 29.7 Å². The van der Waals surface area contributed by atoms with Crippen molar-refractivity contribution in [1.29, 1.82) is 0 Å². The number of nitrogens with one attached hydrogen (secondary N) is 1. The second-order valence-corrected chi connectivity index (χ2v) is 2.39. The monoisotopic (exact) mass is 156 g/mol. The van der Waals surface area contributed by atoms with Gasteiger partial charge in [0.2, 0.25) is 0 Å². The molecule has 2 atom stereocenters. The number of hydrogen-bond acceptors (Lipinski definition) is 3. The highest BCUT2D eigenvalue weighted by Crippen LogP contribution is 2.09. The highest BCUT2D eigenvalue weighted by molar-refractivity contribution is 5.73. The lowest BCUT2D eigenvalue weighted by Gasteiger charge is -2.00. The third kappa shape index (κ3) is 1.83. The first-order valence-electron chi connectivity index (χ1n) is 3.24. The van der Waals surface area contributed by atoms with E-state index >= 15 is 0 Å². The second-order valence-electron chi connectivity index (χ2n) is 2.39. The van der Waals surface area contributed by atoms with E-state index in [-0.39, 0.29) is 6.04 Å². The molecule has 0 aliphatic carbocycles. The average Bonchev–Trinajstić information content (AvgIpc) is 2.37. The van der Waals surface area contributed by atoms with Crippen LogP contribution < -0.4 is 5.32 Å². The molecule has 6 nitrogen and oxygen atoms in total. The maximum atomic E-state index is 10.4. The van der Waals surface area contributed by atoms with Crippen molar-refractivity contribution in [2.45, 2.75) is 18.5 Å². The number of carboxylic acid groups (broad SMARTS) is 1. The van der Waals surface area contributed by atoms with Crippen molar-refractivity contribution in [3.05, 3.63) is 10.4 Å². The van der Waals surface area contributed by atoms with Crippen LogP contribution in [0.15, 0.2) is 5.11 Å². The molecule has 0 amide bonds. The van der Waals surface area contributed by atoms with Crippen LogP contribution in [0, 0.1) is 0 Å². The first kappa shape index (κ1) is 7.84. The Bertz CT molecular complexity index is 203. The zero-order valence-electron chi connectivity index (χ0n) is 5.77. The summed E-state index contributed by atoms with van der Waals surface area (Å²) >= 11 is 0. The van der Waals surface area contributed by atoms with Crippen LogP contribution in [0.2, 0.25) is 0 Å². The standard InChI is InChI=1S/C5H8N4O2/c6-9-8-3-1-4(5(10)11)7-2-3/h3-4,7H,1-2H2,(H,10,11)/t3?,4-/m1/s1. The topological polar surface area (TPSA) is 98.1 Å². The SMILES string of the molecule is [N-]=[N+]=NC1CN[C@@H](C(=O)O)C1. The molecule has 1 rings (SSSR count). The van der Waals surface area contributed by atoms with Crippen molar-refractivity contribution < 1.29 is 9.90 Å². The summed E-state index contributed by atoms with van der Waals surface area (Å²) < 4.78 is 0. The fourth-order valence-corrected chi connectivity index (χ4v) is 1.07. The van der Waals surface area contributed by atoms with Crippen molar-refractivity contribution in [2.24, 2.45) is 5.11 Å². The van der Waals surface area contributed by atoms with Crippen LogP contribution >= 0.6 is 0 Å². The van der Waals surface area contributed by atoms with Gasteiger partial charge in [-0.05, 0) is 12.0 Å². The Morgan fingerprint density at radius 2 is 2.55 bits per heavy atom. The van der Waals surface area contributed by atoms with Crippen LogP contribution in [0.25, 0.3) is 10.4 Å². The molecule has 0 aromatic heterocycles. The summed E-state index contributed by atoms with van der Waals surface area (Å²) in [6.07, 6.45) is 0.388. The van der Waals surface area contributed by atoms with Gasteiger partial charge in [0.1, 0.15) is 6.04 Å². The zero-order valence-corrected chi connectivity index (χ0v) is 5.77. The minimum Gasteiger partial charge on any atom is -0.480 e. The molecule has 1 saturated heterocycles. The first-order valence-corrected chi connectivity index (χ1v) is 3.24. The second kappa shape index (κ2) is 3.23. The first-order chi connectivity index (χ1) is 5.24. The summed E-state index contributed by atoms with van der Waals surface area (Å²) in [5.74, 6) is -0.888. The number of carboxylic acids is 1. The molecule has 2 N–H and O–H groups in total. The minimum atomic E-state index is -0.888. The van der Waals surface area contributed by atoms with E-state index < -0.39 is 12.0 Å². The van der Waals surface area contributed by atoms with E-state index in [4.69, 9.17) is 10.6 Å². The molecule has 11 heavy (non-hydrogen) atoms. The lowest BCUT2D eigenvalue weighted by molar-refractivity contribution is -0.139. The van der Waals surface area contributed by atoms with Crippen LogP contribution in [0.4, 0.5) is 0 Å². The van der Waals surface area contributed by atoms with Gasteiger partial charge in [0.05, 0.1) is 6.04 Å². The van der Waals surface area contributed by atoms with Crippen LogP contribution in [0.1, 0.15) is 6.42 Å². The summed E-state index contributed by atoms with van der Waals surface area (Å²) in [7, 11) is 0. The Hall–Kier alpha value is -1.26. The van der Waals surface area contributed by atoms with Crippen LogP contribution in [0.5, 0.6) is 0 Å².